The van der Waals surface area contributed by atoms with E-state index in [4.69, 9.17) is 18.9 Å². The van der Waals surface area contributed by atoms with E-state index in [2.05, 4.69) is 4.90 Å². The lowest BCUT2D eigenvalue weighted by atomic mass is 9.98. The van der Waals surface area contributed by atoms with E-state index in [1.807, 2.05) is 31.2 Å². The number of rotatable bonds is 8. The van der Waals surface area contributed by atoms with E-state index < -0.39 is 0 Å². The predicted molar refractivity (Wildman–Crippen MR) is 124 cm³/mol. The van der Waals surface area contributed by atoms with Gasteiger partial charge in [-0.1, -0.05) is 12.1 Å². The van der Waals surface area contributed by atoms with Crippen LogP contribution in [0.5, 0.6) is 17.2 Å². The molecule has 7 nitrogen and oxygen atoms in total. The van der Waals surface area contributed by atoms with Crippen LogP contribution in [0.25, 0.3) is 6.08 Å². The molecule has 1 fully saturated rings. The van der Waals surface area contributed by atoms with Gasteiger partial charge < -0.3 is 18.9 Å². The van der Waals surface area contributed by atoms with E-state index in [-0.39, 0.29) is 23.4 Å². The van der Waals surface area contributed by atoms with Crippen molar-refractivity contribution in [2.24, 2.45) is 5.92 Å². The Bertz CT molecular complexity index is 1030. The number of carbonyl (C=O) groups excluding carboxylic acids is 2. The van der Waals surface area contributed by atoms with Gasteiger partial charge in [-0.2, -0.15) is 0 Å². The van der Waals surface area contributed by atoms with Gasteiger partial charge in [0.2, 0.25) is 5.78 Å². The molecule has 0 bridgehead atoms. The van der Waals surface area contributed by atoms with Crippen LogP contribution < -0.4 is 14.2 Å². The van der Waals surface area contributed by atoms with Gasteiger partial charge >= 0.3 is 5.97 Å². The van der Waals surface area contributed by atoms with Gasteiger partial charge in [-0.15, -0.1) is 0 Å². The van der Waals surface area contributed by atoms with Crippen LogP contribution in [0, 0.1) is 5.92 Å². The lowest BCUT2D eigenvalue weighted by Gasteiger charge is -2.31. The first-order valence-corrected chi connectivity index (χ1v) is 11.3. The summed E-state index contributed by atoms with van der Waals surface area (Å²) in [6, 6.07) is 12.7. The fraction of sp³-hybridized carbons (Fsp3) is 0.385. The highest BCUT2D eigenvalue weighted by Crippen LogP contribution is 2.35. The van der Waals surface area contributed by atoms with Gasteiger partial charge in [-0.05, 0) is 62.2 Å². The van der Waals surface area contributed by atoms with E-state index in [1.54, 1.807) is 31.4 Å². The van der Waals surface area contributed by atoms with Crippen molar-refractivity contribution in [2.75, 3.05) is 40.0 Å². The number of Topliss-reactive ketones (excluding diaryl/α,β-unsaturated/α-hetero) is 1. The lowest BCUT2D eigenvalue weighted by Crippen LogP contribution is -2.41. The van der Waals surface area contributed by atoms with Crippen molar-refractivity contribution in [3.8, 4) is 17.2 Å². The van der Waals surface area contributed by atoms with Gasteiger partial charge in [0, 0.05) is 19.2 Å². The molecular weight excluding hydrogens is 422 g/mol. The van der Waals surface area contributed by atoms with Crippen molar-refractivity contribution in [1.82, 2.24) is 4.90 Å². The fourth-order valence-corrected chi connectivity index (χ4v) is 4.11. The van der Waals surface area contributed by atoms with Crippen molar-refractivity contribution < 1.29 is 28.5 Å². The zero-order valence-electron chi connectivity index (χ0n) is 19.0. The minimum absolute atomic E-state index is 0.0611. The second kappa shape index (κ2) is 10.5. The number of likely N-dealkylation sites (tertiary alicyclic amines) is 1. The quantitative estimate of drug-likeness (QED) is 0.444. The van der Waals surface area contributed by atoms with E-state index in [1.165, 1.54) is 0 Å². The SMILES string of the molecule is CCOC(=O)[C@@H]1CCCN(CCOc2ccc3c(c2)O/C(=C\c2ccc(OC)cc2)C3=O)C1. The molecule has 1 saturated heterocycles. The van der Waals surface area contributed by atoms with E-state index >= 15 is 0 Å². The third-order valence-corrected chi connectivity index (χ3v) is 5.86. The van der Waals surface area contributed by atoms with Crippen LogP contribution in [0.3, 0.4) is 0 Å². The van der Waals surface area contributed by atoms with Crippen molar-refractivity contribution in [2.45, 2.75) is 19.8 Å². The highest BCUT2D eigenvalue weighted by atomic mass is 16.5. The van der Waals surface area contributed by atoms with Crippen LogP contribution >= 0.6 is 0 Å². The molecule has 0 aliphatic carbocycles. The number of fused-ring (bicyclic) bond motifs is 1. The van der Waals surface area contributed by atoms with Crippen molar-refractivity contribution in [3.05, 3.63) is 59.4 Å². The highest BCUT2D eigenvalue weighted by molar-refractivity contribution is 6.14. The molecule has 4 rings (SSSR count). The molecule has 2 aromatic carbocycles. The van der Waals surface area contributed by atoms with E-state index in [0.717, 1.165) is 37.2 Å². The number of allylic oxidation sites excluding steroid dienone is 1. The minimum Gasteiger partial charge on any atom is -0.497 e. The van der Waals surface area contributed by atoms with Gasteiger partial charge in [-0.25, -0.2) is 0 Å². The topological polar surface area (TPSA) is 74.3 Å². The predicted octanol–water partition coefficient (Wildman–Crippen LogP) is 3.97. The summed E-state index contributed by atoms with van der Waals surface area (Å²) in [6.45, 7) is 5.09. The summed E-state index contributed by atoms with van der Waals surface area (Å²) in [4.78, 5) is 26.9. The molecule has 2 aliphatic heterocycles. The molecule has 0 aromatic heterocycles. The molecule has 0 spiro atoms. The van der Waals surface area contributed by atoms with Crippen LogP contribution in [0.15, 0.2) is 48.2 Å². The molecular formula is C26H29NO6. The van der Waals surface area contributed by atoms with E-state index in [9.17, 15) is 9.59 Å². The summed E-state index contributed by atoms with van der Waals surface area (Å²) >= 11 is 0. The maximum Gasteiger partial charge on any atom is 0.310 e. The monoisotopic (exact) mass is 451 g/mol. The summed E-state index contributed by atoms with van der Waals surface area (Å²) in [5, 5.41) is 0. The van der Waals surface area contributed by atoms with Gasteiger partial charge in [0.15, 0.2) is 5.76 Å². The average Bonchev–Trinajstić information content (AvgIpc) is 3.14. The Hall–Kier alpha value is -3.32. The van der Waals surface area contributed by atoms with Crippen molar-refractivity contribution >= 4 is 17.8 Å². The number of piperidine rings is 1. The van der Waals surface area contributed by atoms with Crippen LogP contribution in [-0.2, 0) is 9.53 Å². The first-order valence-electron chi connectivity index (χ1n) is 11.3. The molecule has 0 saturated carbocycles. The second-order valence-electron chi connectivity index (χ2n) is 8.11. The number of methoxy groups -OCH3 is 1. The summed E-state index contributed by atoms with van der Waals surface area (Å²) in [5.41, 5.74) is 1.38. The van der Waals surface area contributed by atoms with Crippen molar-refractivity contribution in [3.63, 3.8) is 0 Å². The summed E-state index contributed by atoms with van der Waals surface area (Å²) in [7, 11) is 1.61. The van der Waals surface area contributed by atoms with Gasteiger partial charge in [-0.3, -0.25) is 14.5 Å². The molecule has 174 valence electrons. The number of carbonyl (C=O) groups is 2. The van der Waals surface area contributed by atoms with Crippen LogP contribution in [0.2, 0.25) is 0 Å². The largest absolute Gasteiger partial charge is 0.497 e. The lowest BCUT2D eigenvalue weighted by molar-refractivity contribution is -0.150. The van der Waals surface area contributed by atoms with Crippen molar-refractivity contribution in [1.29, 1.82) is 0 Å². The zero-order valence-corrected chi connectivity index (χ0v) is 19.0. The third kappa shape index (κ3) is 5.54. The highest BCUT2D eigenvalue weighted by Gasteiger charge is 2.28. The van der Waals surface area contributed by atoms with E-state index in [0.29, 0.717) is 36.8 Å². The molecule has 2 aromatic rings. The van der Waals surface area contributed by atoms with Crippen LogP contribution in [0.4, 0.5) is 0 Å². The molecule has 2 heterocycles. The number of nitrogens with zero attached hydrogens (tertiary/aromatic N) is 1. The van der Waals surface area contributed by atoms with Gasteiger partial charge in [0.05, 0.1) is 25.2 Å². The Morgan fingerprint density at radius 1 is 1.18 bits per heavy atom. The normalized spacial score (nSPS) is 19.2. The number of ketones is 1. The summed E-state index contributed by atoms with van der Waals surface area (Å²) in [6.07, 6.45) is 3.57. The molecule has 7 heteroatoms. The van der Waals surface area contributed by atoms with Gasteiger partial charge in [0.25, 0.3) is 0 Å². The Kier molecular flexibility index (Phi) is 7.29. The summed E-state index contributed by atoms with van der Waals surface area (Å²) < 4.78 is 22.1. The molecule has 0 amide bonds. The first-order chi connectivity index (χ1) is 16.1. The summed E-state index contributed by atoms with van der Waals surface area (Å²) in [5.74, 6) is 1.86. The minimum atomic E-state index is -0.148. The smallest absolute Gasteiger partial charge is 0.310 e. The molecule has 0 N–H and O–H groups in total. The molecule has 1 atom stereocenters. The maximum atomic E-state index is 12.7. The number of ether oxygens (including phenoxy) is 4. The number of hydrogen-bond donors (Lipinski definition) is 0. The second-order valence-corrected chi connectivity index (χ2v) is 8.11. The number of hydrogen-bond acceptors (Lipinski definition) is 7. The first kappa shape index (κ1) is 22.9. The zero-order chi connectivity index (χ0) is 23.2. The fourth-order valence-electron chi connectivity index (χ4n) is 4.11. The molecule has 0 unspecified atom stereocenters. The van der Waals surface area contributed by atoms with Crippen LogP contribution in [0.1, 0.15) is 35.7 Å². The van der Waals surface area contributed by atoms with Gasteiger partial charge in [0.1, 0.15) is 23.9 Å². The average molecular weight is 452 g/mol. The molecule has 33 heavy (non-hydrogen) atoms. The Morgan fingerprint density at radius 2 is 1.97 bits per heavy atom. The standard InChI is InChI=1S/C26H29NO6/c1-3-31-26(29)19-5-4-12-27(17-19)13-14-32-21-10-11-22-23(16-21)33-24(25(22)28)15-18-6-8-20(30-2)9-7-18/h6-11,15-16,19H,3-5,12-14,17H2,1-2H3/b24-15-/t19-/m1/s1. The third-order valence-electron chi connectivity index (χ3n) is 5.86. The maximum absolute atomic E-state index is 12.7. The van der Waals surface area contributed by atoms with Crippen LogP contribution in [-0.4, -0.2) is 56.6 Å². The Morgan fingerprint density at radius 3 is 2.73 bits per heavy atom. The Balaban J connectivity index is 1.32. The Labute approximate surface area is 193 Å². The number of benzene rings is 2. The number of esters is 1. The molecule has 2 aliphatic rings. The molecule has 0 radical (unpaired) electrons.